The fourth-order valence-corrected chi connectivity index (χ4v) is 5.22. The first-order valence-electron chi connectivity index (χ1n) is 12.7. The van der Waals surface area contributed by atoms with E-state index in [0.29, 0.717) is 43.5 Å². The number of benzene rings is 4. The van der Waals surface area contributed by atoms with E-state index in [1.165, 1.54) is 6.21 Å². The van der Waals surface area contributed by atoms with Crippen molar-refractivity contribution >= 4 is 86.1 Å². The Hall–Kier alpha value is -4.34. The second-order valence-electron chi connectivity index (χ2n) is 9.26. The molecule has 2 heterocycles. The zero-order valence-corrected chi connectivity index (χ0v) is 24.9. The van der Waals surface area contributed by atoms with E-state index in [-0.39, 0.29) is 28.2 Å². The Balaban J connectivity index is 1.29. The van der Waals surface area contributed by atoms with Gasteiger partial charge in [0, 0.05) is 21.1 Å². The van der Waals surface area contributed by atoms with Crippen molar-refractivity contribution in [3.8, 4) is 17.3 Å². The molecule has 1 N–H and O–H groups in total. The molecule has 0 atom stereocenters. The molecule has 0 saturated carbocycles. The van der Waals surface area contributed by atoms with E-state index in [9.17, 15) is 9.59 Å². The van der Waals surface area contributed by atoms with E-state index in [2.05, 4.69) is 15.4 Å². The Morgan fingerprint density at radius 3 is 2.42 bits per heavy atom. The monoisotopic (exact) mass is 650 g/mol. The molecule has 8 nitrogen and oxygen atoms in total. The SMILES string of the molecule is O=C(COc1c(Cl)cc(C=Nn2c(-c3cc4cc(Cl)ccc4o3)nc3ccccc3c2=O)cc1Cl)Nc1ccc(Cl)cc1. The molecular formula is C31H18Cl4N4O4. The predicted octanol–water partition coefficient (Wildman–Crippen LogP) is 8.32. The summed E-state index contributed by atoms with van der Waals surface area (Å²) >= 11 is 24.9. The van der Waals surface area contributed by atoms with Gasteiger partial charge in [0.05, 0.1) is 27.2 Å². The maximum atomic E-state index is 13.5. The van der Waals surface area contributed by atoms with Crippen molar-refractivity contribution in [2.75, 3.05) is 11.9 Å². The highest BCUT2D eigenvalue weighted by molar-refractivity contribution is 6.37. The Kier molecular flexibility index (Phi) is 8.10. The number of fused-ring (bicyclic) bond motifs is 2. The molecule has 4 aromatic carbocycles. The summed E-state index contributed by atoms with van der Waals surface area (Å²) in [6.45, 7) is -0.334. The zero-order chi connectivity index (χ0) is 30.1. The first-order valence-corrected chi connectivity index (χ1v) is 14.2. The summed E-state index contributed by atoms with van der Waals surface area (Å²) in [5.74, 6) is 0.228. The minimum atomic E-state index is -0.413. The van der Waals surface area contributed by atoms with Crippen LogP contribution in [0.25, 0.3) is 33.5 Å². The Morgan fingerprint density at radius 1 is 0.930 bits per heavy atom. The largest absolute Gasteiger partial charge is 0.481 e. The molecule has 0 saturated heterocycles. The lowest BCUT2D eigenvalue weighted by Crippen LogP contribution is -2.20. The van der Waals surface area contributed by atoms with Gasteiger partial charge in [0.25, 0.3) is 11.5 Å². The second-order valence-corrected chi connectivity index (χ2v) is 11.0. The van der Waals surface area contributed by atoms with Gasteiger partial charge >= 0.3 is 0 Å². The zero-order valence-electron chi connectivity index (χ0n) is 21.9. The predicted molar refractivity (Wildman–Crippen MR) is 171 cm³/mol. The first kappa shape index (κ1) is 28.8. The van der Waals surface area contributed by atoms with Gasteiger partial charge in [-0.15, -0.1) is 0 Å². The fourth-order valence-electron chi connectivity index (χ4n) is 4.30. The van der Waals surface area contributed by atoms with Crippen molar-refractivity contribution in [2.24, 2.45) is 5.10 Å². The molecule has 214 valence electrons. The van der Waals surface area contributed by atoms with Crippen molar-refractivity contribution in [3.63, 3.8) is 0 Å². The summed E-state index contributed by atoms with van der Waals surface area (Å²) in [7, 11) is 0. The minimum Gasteiger partial charge on any atom is -0.481 e. The van der Waals surface area contributed by atoms with Crippen LogP contribution in [0.5, 0.6) is 5.75 Å². The molecule has 0 unspecified atom stereocenters. The number of carbonyl (C=O) groups is 1. The molecule has 0 fully saturated rings. The van der Waals surface area contributed by atoms with E-state index in [1.807, 2.05) is 0 Å². The van der Waals surface area contributed by atoms with Crippen LogP contribution in [0.1, 0.15) is 5.56 Å². The molecule has 12 heteroatoms. The minimum absolute atomic E-state index is 0.123. The number of furan rings is 1. The molecule has 1 amide bonds. The summed E-state index contributed by atoms with van der Waals surface area (Å²) < 4.78 is 12.7. The molecule has 43 heavy (non-hydrogen) atoms. The standard InChI is InChI=1S/C31H18Cl4N4O4/c32-19-5-8-21(9-6-19)37-28(40)16-42-29-23(34)11-17(12-24(29)35)15-36-39-30(38-25-4-2-1-3-22(25)31(39)41)27-14-18-13-20(33)7-10-26(18)43-27/h1-15H,16H2,(H,37,40). The number of aromatic nitrogens is 2. The maximum Gasteiger partial charge on any atom is 0.282 e. The van der Waals surface area contributed by atoms with Gasteiger partial charge in [-0.2, -0.15) is 9.78 Å². The average Bonchev–Trinajstić information content (AvgIpc) is 3.40. The highest BCUT2D eigenvalue weighted by Gasteiger charge is 2.17. The highest BCUT2D eigenvalue weighted by atomic mass is 35.5. The van der Waals surface area contributed by atoms with Crippen molar-refractivity contribution in [1.82, 2.24) is 9.66 Å². The van der Waals surface area contributed by atoms with Crippen molar-refractivity contribution in [1.29, 1.82) is 0 Å². The summed E-state index contributed by atoms with van der Waals surface area (Å²) in [6.07, 6.45) is 1.41. The number of halogens is 4. The summed E-state index contributed by atoms with van der Waals surface area (Å²) in [5, 5.41) is 9.63. The molecule has 0 bridgehead atoms. The quantitative estimate of drug-likeness (QED) is 0.175. The van der Waals surface area contributed by atoms with Crippen molar-refractivity contribution in [2.45, 2.75) is 0 Å². The number of hydrogen-bond acceptors (Lipinski definition) is 6. The number of rotatable bonds is 7. The van der Waals surface area contributed by atoms with Crippen LogP contribution in [0, 0.1) is 0 Å². The number of anilines is 1. The Bertz CT molecular complexity index is 2080. The number of nitrogens with one attached hydrogen (secondary N) is 1. The van der Waals surface area contributed by atoms with Crippen LogP contribution >= 0.6 is 46.4 Å². The number of ether oxygens (including phenoxy) is 1. The van der Waals surface area contributed by atoms with E-state index < -0.39 is 11.5 Å². The molecule has 0 radical (unpaired) electrons. The average molecular weight is 652 g/mol. The molecule has 2 aromatic heterocycles. The van der Waals surface area contributed by atoms with Gasteiger partial charge in [-0.1, -0.05) is 58.5 Å². The van der Waals surface area contributed by atoms with Crippen LogP contribution in [0.4, 0.5) is 5.69 Å². The van der Waals surface area contributed by atoms with Gasteiger partial charge in [-0.3, -0.25) is 9.59 Å². The smallest absolute Gasteiger partial charge is 0.282 e. The number of carbonyl (C=O) groups excluding carboxylic acids is 1. The van der Waals surface area contributed by atoms with Gasteiger partial charge in [0.2, 0.25) is 5.82 Å². The highest BCUT2D eigenvalue weighted by Crippen LogP contribution is 2.34. The summed E-state index contributed by atoms with van der Waals surface area (Å²) in [6, 6.07) is 23.6. The summed E-state index contributed by atoms with van der Waals surface area (Å²) in [5.41, 5.74) is 1.69. The molecule has 0 aliphatic heterocycles. The lowest BCUT2D eigenvalue weighted by molar-refractivity contribution is -0.118. The Labute approximate surface area is 264 Å². The van der Waals surface area contributed by atoms with Crippen molar-refractivity contribution < 1.29 is 13.9 Å². The number of hydrogen-bond donors (Lipinski definition) is 1. The van der Waals surface area contributed by atoms with E-state index in [0.717, 1.165) is 10.1 Å². The third-order valence-corrected chi connectivity index (χ3v) is 7.32. The molecule has 6 rings (SSSR count). The van der Waals surface area contributed by atoms with Gasteiger partial charge in [-0.05, 0) is 78.4 Å². The first-order chi connectivity index (χ1) is 20.7. The van der Waals surface area contributed by atoms with Crippen LogP contribution in [0.2, 0.25) is 20.1 Å². The summed E-state index contributed by atoms with van der Waals surface area (Å²) in [4.78, 5) is 30.5. The van der Waals surface area contributed by atoms with E-state index >= 15 is 0 Å². The lowest BCUT2D eigenvalue weighted by atomic mass is 10.2. The number of para-hydroxylation sites is 1. The van der Waals surface area contributed by atoms with Gasteiger partial charge < -0.3 is 14.5 Å². The number of nitrogens with zero attached hydrogens (tertiary/aromatic N) is 3. The van der Waals surface area contributed by atoms with E-state index in [4.69, 9.17) is 55.6 Å². The van der Waals surface area contributed by atoms with Gasteiger partial charge in [-0.25, -0.2) is 4.98 Å². The van der Waals surface area contributed by atoms with Crippen LogP contribution < -0.4 is 15.6 Å². The van der Waals surface area contributed by atoms with E-state index in [1.54, 1.807) is 84.9 Å². The van der Waals surface area contributed by atoms with Gasteiger partial charge in [0.15, 0.2) is 18.1 Å². The normalized spacial score (nSPS) is 11.4. The third kappa shape index (κ3) is 6.23. The van der Waals surface area contributed by atoms with Crippen LogP contribution in [-0.2, 0) is 4.79 Å². The molecule has 0 spiro atoms. The number of amides is 1. The van der Waals surface area contributed by atoms with Crippen molar-refractivity contribution in [3.05, 3.63) is 121 Å². The topological polar surface area (TPSA) is 98.7 Å². The molecular weight excluding hydrogens is 634 g/mol. The third-order valence-electron chi connectivity index (χ3n) is 6.27. The molecule has 6 aromatic rings. The van der Waals surface area contributed by atoms with Crippen LogP contribution in [-0.4, -0.2) is 28.4 Å². The maximum absolute atomic E-state index is 13.5. The van der Waals surface area contributed by atoms with Crippen LogP contribution in [0.3, 0.4) is 0 Å². The molecule has 0 aliphatic carbocycles. The Morgan fingerprint density at radius 2 is 1.65 bits per heavy atom. The molecule has 0 aliphatic rings. The second kappa shape index (κ2) is 12.1. The van der Waals surface area contributed by atoms with Gasteiger partial charge in [0.1, 0.15) is 5.58 Å². The fraction of sp³-hybridized carbons (Fsp3) is 0.0323. The lowest BCUT2D eigenvalue weighted by Gasteiger charge is -2.11. The van der Waals surface area contributed by atoms with Crippen LogP contribution in [0.15, 0.2) is 99.2 Å².